The maximum absolute atomic E-state index is 13.8. The lowest BCUT2D eigenvalue weighted by molar-refractivity contribution is -0.135. The molecule has 0 saturated heterocycles. The Labute approximate surface area is 228 Å². The van der Waals surface area contributed by atoms with Gasteiger partial charge in [0, 0.05) is 22.5 Å². The quantitative estimate of drug-likeness (QED) is 0.321. The Kier molecular flexibility index (Phi) is 8.63. The van der Waals surface area contributed by atoms with Gasteiger partial charge in [0.2, 0.25) is 15.9 Å². The van der Waals surface area contributed by atoms with Crippen molar-refractivity contribution in [2.75, 3.05) is 19.7 Å². The van der Waals surface area contributed by atoms with Gasteiger partial charge in [0.1, 0.15) is 12.4 Å². The minimum atomic E-state index is -3.85. The second kappa shape index (κ2) is 11.6. The number of rotatable bonds is 9. The van der Waals surface area contributed by atoms with E-state index in [1.807, 2.05) is 51.3 Å². The van der Waals surface area contributed by atoms with Crippen LogP contribution < -0.4 is 4.74 Å². The van der Waals surface area contributed by atoms with Crippen molar-refractivity contribution in [1.29, 1.82) is 0 Å². The molecule has 0 spiro atoms. The highest BCUT2D eigenvalue weighted by Gasteiger charge is 2.36. The van der Waals surface area contributed by atoms with Crippen molar-refractivity contribution in [3.8, 4) is 5.75 Å². The third-order valence-corrected chi connectivity index (χ3v) is 10.3. The summed E-state index contributed by atoms with van der Waals surface area (Å²) in [7, 11) is -3.85. The molecule has 0 fully saturated rings. The molecule has 0 radical (unpaired) electrons. The molecule has 6 nitrogen and oxygen atoms in total. The molecular weight excluding hydrogens is 528 g/mol. The van der Waals surface area contributed by atoms with Crippen LogP contribution in [-0.2, 0) is 21.2 Å². The van der Waals surface area contributed by atoms with Gasteiger partial charge in [-0.15, -0.1) is 11.3 Å². The Morgan fingerprint density at radius 1 is 1.19 bits per heavy atom. The Morgan fingerprint density at radius 3 is 2.59 bits per heavy atom. The van der Waals surface area contributed by atoms with Gasteiger partial charge in [0.15, 0.2) is 0 Å². The highest BCUT2D eigenvalue weighted by atomic mass is 35.5. The number of hydrogen-bond donors (Lipinski definition) is 0. The van der Waals surface area contributed by atoms with Crippen LogP contribution in [0.15, 0.2) is 58.8 Å². The maximum atomic E-state index is 13.8. The topological polar surface area (TPSA) is 66.9 Å². The molecule has 1 aliphatic rings. The summed E-state index contributed by atoms with van der Waals surface area (Å²) in [6.45, 7) is 8.16. The maximum Gasteiger partial charge on any atom is 0.243 e. The summed E-state index contributed by atoms with van der Waals surface area (Å²) >= 11 is 7.84. The van der Waals surface area contributed by atoms with Crippen molar-refractivity contribution in [3.05, 3.63) is 80.5 Å². The van der Waals surface area contributed by atoms with E-state index in [0.29, 0.717) is 23.7 Å². The first-order valence-corrected chi connectivity index (χ1v) is 15.1. The normalized spacial score (nSPS) is 16.5. The van der Waals surface area contributed by atoms with Crippen molar-refractivity contribution >= 4 is 38.9 Å². The number of carbonyl (C=O) groups excluding carboxylic acids is 1. The van der Waals surface area contributed by atoms with Gasteiger partial charge in [0.05, 0.1) is 17.5 Å². The number of nitrogens with zero attached hydrogens (tertiary/aromatic N) is 2. The molecule has 1 aliphatic heterocycles. The summed E-state index contributed by atoms with van der Waals surface area (Å²) in [6.07, 6.45) is 1.33. The van der Waals surface area contributed by atoms with E-state index in [1.165, 1.54) is 9.18 Å². The van der Waals surface area contributed by atoms with Crippen molar-refractivity contribution < 1.29 is 17.9 Å². The largest absolute Gasteiger partial charge is 0.491 e. The van der Waals surface area contributed by atoms with Crippen LogP contribution in [-0.4, -0.2) is 49.3 Å². The van der Waals surface area contributed by atoms with Crippen molar-refractivity contribution in [1.82, 2.24) is 9.21 Å². The number of thiophene rings is 1. The van der Waals surface area contributed by atoms with Crippen LogP contribution in [0.25, 0.3) is 0 Å². The molecule has 4 rings (SSSR count). The molecule has 1 aromatic heterocycles. The Hall–Kier alpha value is -2.39. The summed E-state index contributed by atoms with van der Waals surface area (Å²) in [6, 6.07) is 13.7. The fourth-order valence-corrected chi connectivity index (χ4v) is 7.21. The molecule has 9 heteroatoms. The van der Waals surface area contributed by atoms with E-state index in [1.54, 1.807) is 46.6 Å². The Morgan fingerprint density at radius 2 is 1.92 bits per heavy atom. The van der Waals surface area contributed by atoms with Crippen LogP contribution in [0.3, 0.4) is 0 Å². The second-order valence-corrected chi connectivity index (χ2v) is 12.8. The predicted molar refractivity (Wildman–Crippen MR) is 149 cm³/mol. The summed E-state index contributed by atoms with van der Waals surface area (Å²) in [5, 5.41) is 2.70. The highest BCUT2D eigenvalue weighted by Crippen LogP contribution is 2.35. The average Bonchev–Trinajstić information content (AvgIpc) is 3.36. The molecule has 0 N–H and O–H groups in total. The van der Waals surface area contributed by atoms with E-state index in [4.69, 9.17) is 16.3 Å². The summed E-state index contributed by atoms with van der Waals surface area (Å²) in [5.74, 6) is 0.452. The van der Waals surface area contributed by atoms with Gasteiger partial charge < -0.3 is 9.64 Å². The van der Waals surface area contributed by atoms with Gasteiger partial charge in [-0.25, -0.2) is 8.42 Å². The minimum absolute atomic E-state index is 0.197. The van der Waals surface area contributed by atoms with Crippen LogP contribution in [0, 0.1) is 13.8 Å². The van der Waals surface area contributed by atoms with Crippen molar-refractivity contribution in [3.63, 3.8) is 0 Å². The van der Waals surface area contributed by atoms with Crippen LogP contribution in [0.2, 0.25) is 5.02 Å². The number of fused-ring (bicyclic) bond motifs is 1. The van der Waals surface area contributed by atoms with Crippen molar-refractivity contribution in [2.24, 2.45) is 0 Å². The van der Waals surface area contributed by atoms with Crippen LogP contribution >= 0.6 is 22.9 Å². The zero-order chi connectivity index (χ0) is 26.7. The number of aryl methyl sites for hydroxylation is 2. The molecule has 2 heterocycles. The molecule has 0 aliphatic carbocycles. The van der Waals surface area contributed by atoms with Gasteiger partial charge in [-0.1, -0.05) is 36.2 Å². The molecule has 0 unspecified atom stereocenters. The SMILES string of the molecule is CC[C@H](C)N(CC(=O)N1CCc2sccc2[C@H]1COc1ccc(Cl)c(C)c1)S(=O)(=O)c1ccc(C)cc1. The fraction of sp³-hybridized carbons (Fsp3) is 0.393. The van der Waals surface area contributed by atoms with Gasteiger partial charge in [-0.2, -0.15) is 4.31 Å². The first-order chi connectivity index (χ1) is 17.6. The molecule has 2 atom stereocenters. The number of ether oxygens (including phenoxy) is 1. The highest BCUT2D eigenvalue weighted by molar-refractivity contribution is 7.89. The van der Waals surface area contributed by atoms with Crippen molar-refractivity contribution in [2.45, 2.75) is 57.5 Å². The average molecular weight is 561 g/mol. The number of halogens is 1. The third-order valence-electron chi connectivity index (χ3n) is 6.95. The minimum Gasteiger partial charge on any atom is -0.491 e. The number of carbonyl (C=O) groups is 1. The predicted octanol–water partition coefficient (Wildman–Crippen LogP) is 6.01. The lowest BCUT2D eigenvalue weighted by Crippen LogP contribution is -2.49. The summed E-state index contributed by atoms with van der Waals surface area (Å²) < 4.78 is 34.7. The smallest absolute Gasteiger partial charge is 0.243 e. The second-order valence-electron chi connectivity index (χ2n) is 9.49. The number of benzene rings is 2. The molecule has 0 saturated carbocycles. The van der Waals surface area contributed by atoms with E-state index in [0.717, 1.165) is 23.1 Å². The van der Waals surface area contributed by atoms with Crippen LogP contribution in [0.1, 0.15) is 47.9 Å². The molecule has 3 aromatic rings. The van der Waals surface area contributed by atoms with Gasteiger partial charge in [-0.3, -0.25) is 4.79 Å². The lowest BCUT2D eigenvalue weighted by Gasteiger charge is -2.37. The third kappa shape index (κ3) is 6.03. The first kappa shape index (κ1) is 27.6. The number of hydrogen-bond acceptors (Lipinski definition) is 5. The Bertz CT molecular complexity index is 1350. The van der Waals surface area contributed by atoms with E-state index in [9.17, 15) is 13.2 Å². The zero-order valence-electron chi connectivity index (χ0n) is 21.6. The molecular formula is C28H33ClN2O4S2. The van der Waals surface area contributed by atoms with Gasteiger partial charge >= 0.3 is 0 Å². The monoisotopic (exact) mass is 560 g/mol. The molecule has 198 valence electrons. The standard InChI is InChI=1S/C28H33ClN2O4S2/c1-5-21(4)31(37(33,34)23-9-6-19(2)7-10-23)17-28(32)30-14-12-27-24(13-15-36-27)26(30)18-35-22-8-11-25(29)20(3)16-22/h6-11,13,15-16,21,26H,5,12,14,17-18H2,1-4H3/t21-,26+/m0/s1. The molecule has 1 amide bonds. The van der Waals surface area contributed by atoms with E-state index in [2.05, 4.69) is 0 Å². The van der Waals surface area contributed by atoms with E-state index < -0.39 is 10.0 Å². The number of amides is 1. The zero-order valence-corrected chi connectivity index (χ0v) is 24.0. The summed E-state index contributed by atoms with van der Waals surface area (Å²) in [4.78, 5) is 17.0. The summed E-state index contributed by atoms with van der Waals surface area (Å²) in [5.41, 5.74) is 2.95. The molecule has 37 heavy (non-hydrogen) atoms. The van der Waals surface area contributed by atoms with E-state index >= 15 is 0 Å². The molecule has 0 bridgehead atoms. The lowest BCUT2D eigenvalue weighted by atomic mass is 10.0. The van der Waals surface area contributed by atoms with E-state index in [-0.39, 0.29) is 36.0 Å². The fourth-order valence-electron chi connectivity index (χ4n) is 4.51. The molecule has 2 aromatic carbocycles. The number of sulfonamides is 1. The van der Waals surface area contributed by atoms with Crippen LogP contribution in [0.4, 0.5) is 0 Å². The first-order valence-electron chi connectivity index (χ1n) is 12.4. The Balaban J connectivity index is 1.59. The van der Waals surface area contributed by atoms with Gasteiger partial charge in [0.25, 0.3) is 0 Å². The van der Waals surface area contributed by atoms with Crippen LogP contribution in [0.5, 0.6) is 5.75 Å². The van der Waals surface area contributed by atoms with Gasteiger partial charge in [-0.05, 0) is 86.5 Å².